The smallest absolute Gasteiger partial charge is 0.273 e. The van der Waals surface area contributed by atoms with E-state index in [0.717, 1.165) is 12.8 Å². The third-order valence-corrected chi connectivity index (χ3v) is 4.76. The van der Waals surface area contributed by atoms with E-state index in [0.29, 0.717) is 10.8 Å². The molecular weight excluding hydrogens is 272 g/mol. The first-order chi connectivity index (χ1) is 9.27. The van der Waals surface area contributed by atoms with Gasteiger partial charge >= 0.3 is 0 Å². The van der Waals surface area contributed by atoms with Gasteiger partial charge in [-0.25, -0.2) is 0 Å². The van der Waals surface area contributed by atoms with Crippen LogP contribution in [-0.2, 0) is 17.6 Å². The molecule has 5 heteroatoms. The van der Waals surface area contributed by atoms with Gasteiger partial charge in [0.1, 0.15) is 0 Å². The molecule has 0 spiro atoms. The van der Waals surface area contributed by atoms with Crippen molar-refractivity contribution < 1.29 is 9.59 Å². The SMILES string of the molecule is CC1CCc2sc(C(=O)NNC(=O)C(C)(C)C)cc2C1. The molecule has 0 aromatic carbocycles. The van der Waals surface area contributed by atoms with Crippen LogP contribution in [0.25, 0.3) is 0 Å². The Bertz CT molecular complexity index is 528. The largest absolute Gasteiger partial charge is 0.279 e. The summed E-state index contributed by atoms with van der Waals surface area (Å²) in [5.41, 5.74) is 5.75. The number of hydrazine groups is 1. The average molecular weight is 294 g/mol. The second-order valence-corrected chi connectivity index (χ2v) is 7.70. The number of carbonyl (C=O) groups is 2. The molecule has 0 saturated heterocycles. The first-order valence-corrected chi connectivity index (χ1v) is 7.81. The normalized spacial score (nSPS) is 18.3. The van der Waals surface area contributed by atoms with Gasteiger partial charge in [0, 0.05) is 10.3 Å². The average Bonchev–Trinajstić information content (AvgIpc) is 2.77. The van der Waals surface area contributed by atoms with Gasteiger partial charge in [-0.1, -0.05) is 27.7 Å². The van der Waals surface area contributed by atoms with Crippen LogP contribution < -0.4 is 10.9 Å². The predicted molar refractivity (Wildman–Crippen MR) is 80.6 cm³/mol. The van der Waals surface area contributed by atoms with Gasteiger partial charge in [0.2, 0.25) is 5.91 Å². The third kappa shape index (κ3) is 3.39. The Labute approximate surface area is 123 Å². The zero-order valence-corrected chi connectivity index (χ0v) is 13.3. The fourth-order valence-electron chi connectivity index (χ4n) is 2.18. The molecule has 2 rings (SSSR count). The number of amides is 2. The minimum absolute atomic E-state index is 0.194. The summed E-state index contributed by atoms with van der Waals surface area (Å²) in [5, 5.41) is 0. The van der Waals surface area contributed by atoms with Crippen LogP contribution in [0.1, 0.15) is 54.2 Å². The van der Waals surface area contributed by atoms with Gasteiger partial charge in [0.25, 0.3) is 5.91 Å². The van der Waals surface area contributed by atoms with Crippen LogP contribution in [0.2, 0.25) is 0 Å². The molecule has 110 valence electrons. The molecule has 1 aromatic heterocycles. The summed E-state index contributed by atoms with van der Waals surface area (Å²) in [6.07, 6.45) is 3.30. The van der Waals surface area contributed by atoms with Gasteiger partial charge in [0.15, 0.2) is 0 Å². The molecule has 1 atom stereocenters. The molecule has 0 radical (unpaired) electrons. The number of carbonyl (C=O) groups excluding carboxylic acids is 2. The first-order valence-electron chi connectivity index (χ1n) is 6.99. The van der Waals surface area contributed by atoms with E-state index in [2.05, 4.69) is 17.8 Å². The van der Waals surface area contributed by atoms with Crippen LogP contribution >= 0.6 is 11.3 Å². The highest BCUT2D eigenvalue weighted by Crippen LogP contribution is 2.32. The van der Waals surface area contributed by atoms with Crippen LogP contribution in [0.3, 0.4) is 0 Å². The number of nitrogens with one attached hydrogen (secondary N) is 2. The Hall–Kier alpha value is -1.36. The zero-order valence-electron chi connectivity index (χ0n) is 12.5. The number of fused-ring (bicyclic) bond motifs is 1. The monoisotopic (exact) mass is 294 g/mol. The van der Waals surface area contributed by atoms with E-state index in [1.807, 2.05) is 6.07 Å². The lowest BCUT2D eigenvalue weighted by Gasteiger charge is -2.17. The molecule has 1 aliphatic carbocycles. The molecule has 20 heavy (non-hydrogen) atoms. The Morgan fingerprint density at radius 3 is 2.65 bits per heavy atom. The van der Waals surface area contributed by atoms with Crippen molar-refractivity contribution in [2.45, 2.75) is 47.0 Å². The van der Waals surface area contributed by atoms with E-state index in [-0.39, 0.29) is 11.8 Å². The molecule has 2 amide bonds. The van der Waals surface area contributed by atoms with Crippen molar-refractivity contribution in [2.24, 2.45) is 11.3 Å². The van der Waals surface area contributed by atoms with Crippen molar-refractivity contribution in [2.75, 3.05) is 0 Å². The summed E-state index contributed by atoms with van der Waals surface area (Å²) in [7, 11) is 0. The first kappa shape index (κ1) is 15.0. The van der Waals surface area contributed by atoms with Crippen LogP contribution in [-0.4, -0.2) is 11.8 Å². The van der Waals surface area contributed by atoms with Gasteiger partial charge in [-0.2, -0.15) is 0 Å². The van der Waals surface area contributed by atoms with Crippen LogP contribution in [0.5, 0.6) is 0 Å². The quantitative estimate of drug-likeness (QED) is 0.782. The summed E-state index contributed by atoms with van der Waals surface area (Å²) >= 11 is 1.54. The van der Waals surface area contributed by atoms with Crippen molar-refractivity contribution >= 4 is 23.2 Å². The highest BCUT2D eigenvalue weighted by atomic mass is 32.1. The maximum absolute atomic E-state index is 12.1. The highest BCUT2D eigenvalue weighted by Gasteiger charge is 2.23. The molecule has 1 aromatic rings. The lowest BCUT2D eigenvalue weighted by atomic mass is 9.90. The highest BCUT2D eigenvalue weighted by molar-refractivity contribution is 7.14. The third-order valence-electron chi connectivity index (χ3n) is 3.52. The molecule has 0 bridgehead atoms. The minimum atomic E-state index is -0.516. The molecule has 1 heterocycles. The molecular formula is C15H22N2O2S. The number of thiophene rings is 1. The molecule has 0 saturated carbocycles. The molecule has 0 fully saturated rings. The second kappa shape index (κ2) is 5.56. The summed E-state index contributed by atoms with van der Waals surface area (Å²) in [4.78, 5) is 25.8. The van der Waals surface area contributed by atoms with E-state index in [9.17, 15) is 9.59 Å². The van der Waals surface area contributed by atoms with Gasteiger partial charge < -0.3 is 0 Å². The number of aryl methyl sites for hydroxylation is 1. The number of hydrogen-bond donors (Lipinski definition) is 2. The van der Waals surface area contributed by atoms with Crippen LogP contribution in [0, 0.1) is 11.3 Å². The van der Waals surface area contributed by atoms with E-state index < -0.39 is 5.41 Å². The van der Waals surface area contributed by atoms with Crippen molar-refractivity contribution in [1.29, 1.82) is 0 Å². The lowest BCUT2D eigenvalue weighted by Crippen LogP contribution is -2.46. The lowest BCUT2D eigenvalue weighted by molar-refractivity contribution is -0.129. The maximum Gasteiger partial charge on any atom is 0.279 e. The van der Waals surface area contributed by atoms with Gasteiger partial charge in [0.05, 0.1) is 4.88 Å². The standard InChI is InChI=1S/C15H22N2O2S/c1-9-5-6-11-10(7-9)8-12(20-11)13(18)16-17-14(19)15(2,3)4/h8-9H,5-7H2,1-4H3,(H,16,18)(H,17,19). The zero-order chi connectivity index (χ0) is 14.9. The fourth-order valence-corrected chi connectivity index (χ4v) is 3.28. The van der Waals surface area contributed by atoms with Gasteiger partial charge in [-0.05, 0) is 36.8 Å². The molecule has 0 aliphatic heterocycles. The Morgan fingerprint density at radius 1 is 1.30 bits per heavy atom. The van der Waals surface area contributed by atoms with Gasteiger partial charge in [-0.3, -0.25) is 20.4 Å². The summed E-state index contributed by atoms with van der Waals surface area (Å²) < 4.78 is 0. The van der Waals surface area contributed by atoms with E-state index in [1.165, 1.54) is 16.9 Å². The number of rotatable bonds is 1. The minimum Gasteiger partial charge on any atom is -0.273 e. The summed E-state index contributed by atoms with van der Waals surface area (Å²) in [6.45, 7) is 7.66. The second-order valence-electron chi connectivity index (χ2n) is 6.57. The van der Waals surface area contributed by atoms with Gasteiger partial charge in [-0.15, -0.1) is 11.3 Å². The maximum atomic E-state index is 12.1. The Kier molecular flexibility index (Phi) is 4.18. The number of hydrogen-bond acceptors (Lipinski definition) is 3. The van der Waals surface area contributed by atoms with Crippen molar-refractivity contribution in [1.82, 2.24) is 10.9 Å². The van der Waals surface area contributed by atoms with Crippen LogP contribution in [0.4, 0.5) is 0 Å². The fraction of sp³-hybridized carbons (Fsp3) is 0.600. The molecule has 4 nitrogen and oxygen atoms in total. The molecule has 2 N–H and O–H groups in total. The van der Waals surface area contributed by atoms with E-state index in [4.69, 9.17) is 0 Å². The van der Waals surface area contributed by atoms with E-state index in [1.54, 1.807) is 32.1 Å². The molecule has 1 aliphatic rings. The van der Waals surface area contributed by atoms with Crippen molar-refractivity contribution in [3.05, 3.63) is 21.4 Å². The van der Waals surface area contributed by atoms with Crippen molar-refractivity contribution in [3.63, 3.8) is 0 Å². The Balaban J connectivity index is 1.99. The van der Waals surface area contributed by atoms with Crippen LogP contribution in [0.15, 0.2) is 6.07 Å². The topological polar surface area (TPSA) is 58.2 Å². The molecule has 1 unspecified atom stereocenters. The Morgan fingerprint density at radius 2 is 2.00 bits per heavy atom. The summed E-state index contributed by atoms with van der Waals surface area (Å²) in [6, 6.07) is 1.97. The van der Waals surface area contributed by atoms with Crippen molar-refractivity contribution in [3.8, 4) is 0 Å². The van der Waals surface area contributed by atoms with E-state index >= 15 is 0 Å². The predicted octanol–water partition coefficient (Wildman–Crippen LogP) is 2.68. The summed E-state index contributed by atoms with van der Waals surface area (Å²) in [5.74, 6) is 0.268.